The first-order valence-electron chi connectivity index (χ1n) is 11.8. The van der Waals surface area contributed by atoms with Gasteiger partial charge in [-0.3, -0.25) is 4.90 Å². The summed E-state index contributed by atoms with van der Waals surface area (Å²) in [4.78, 5) is 1.51. The summed E-state index contributed by atoms with van der Waals surface area (Å²) < 4.78 is 0. The van der Waals surface area contributed by atoms with E-state index in [2.05, 4.69) is 6.92 Å². The molecule has 4 nitrogen and oxygen atoms in total. The van der Waals surface area contributed by atoms with E-state index < -0.39 is 18.6 Å². The fourth-order valence-electron chi connectivity index (χ4n) is 3.70. The largest absolute Gasteiger partial charge is 0.392 e. The van der Waals surface area contributed by atoms with Crippen molar-refractivity contribution >= 4 is 0 Å². The summed E-state index contributed by atoms with van der Waals surface area (Å²) in [6, 6.07) is 0. The molecular weight excluding hydrogens is 338 g/mol. The van der Waals surface area contributed by atoms with Gasteiger partial charge in [0.05, 0.1) is 6.10 Å². The molecule has 3 N–H and O–H groups in total. The molecule has 0 aliphatic rings. The quantitative estimate of drug-likeness (QED) is 0.188. The van der Waals surface area contributed by atoms with Gasteiger partial charge in [0.2, 0.25) is 0 Å². The summed E-state index contributed by atoms with van der Waals surface area (Å²) in [5.74, 6) is 0. The van der Waals surface area contributed by atoms with E-state index in [0.717, 1.165) is 19.3 Å². The van der Waals surface area contributed by atoms with Crippen LogP contribution in [-0.2, 0) is 0 Å². The molecule has 0 radical (unpaired) electrons. The van der Waals surface area contributed by atoms with Gasteiger partial charge in [-0.25, -0.2) is 0 Å². The topological polar surface area (TPSA) is 63.9 Å². The summed E-state index contributed by atoms with van der Waals surface area (Å²) in [5, 5.41) is 29.2. The van der Waals surface area contributed by atoms with Gasteiger partial charge >= 0.3 is 0 Å². The molecule has 0 spiro atoms. The Kier molecular flexibility index (Phi) is 19.1. The van der Waals surface area contributed by atoms with Gasteiger partial charge in [0.1, 0.15) is 12.5 Å². The maximum absolute atomic E-state index is 10.1. The third kappa shape index (κ3) is 17.7. The molecule has 0 rings (SSSR count). The SMILES string of the molecule is CCCCCCCCCCCCCCCCCC(O)CN(C(C)O)C(C)O. The second-order valence-corrected chi connectivity index (χ2v) is 8.35. The average molecular weight is 388 g/mol. The van der Waals surface area contributed by atoms with Crippen molar-refractivity contribution in [3.8, 4) is 0 Å². The minimum absolute atomic E-state index is 0.327. The molecule has 3 atom stereocenters. The van der Waals surface area contributed by atoms with Crippen LogP contribution in [0.15, 0.2) is 0 Å². The van der Waals surface area contributed by atoms with Crippen molar-refractivity contribution in [1.29, 1.82) is 0 Å². The van der Waals surface area contributed by atoms with Gasteiger partial charge in [0.25, 0.3) is 0 Å². The van der Waals surface area contributed by atoms with Crippen LogP contribution >= 0.6 is 0 Å². The van der Waals surface area contributed by atoms with E-state index >= 15 is 0 Å². The normalized spacial score (nSPS) is 15.2. The predicted molar refractivity (Wildman–Crippen MR) is 116 cm³/mol. The van der Waals surface area contributed by atoms with Gasteiger partial charge < -0.3 is 15.3 Å². The number of unbranched alkanes of at least 4 members (excludes halogenated alkanes) is 14. The maximum Gasteiger partial charge on any atom is 0.106 e. The van der Waals surface area contributed by atoms with Crippen molar-refractivity contribution in [3.05, 3.63) is 0 Å². The van der Waals surface area contributed by atoms with E-state index in [4.69, 9.17) is 0 Å². The molecular formula is C23H49NO3. The van der Waals surface area contributed by atoms with Crippen molar-refractivity contribution < 1.29 is 15.3 Å². The van der Waals surface area contributed by atoms with E-state index in [1.807, 2.05) is 0 Å². The second-order valence-electron chi connectivity index (χ2n) is 8.35. The highest BCUT2D eigenvalue weighted by molar-refractivity contribution is 4.66. The summed E-state index contributed by atoms with van der Waals surface area (Å²) in [7, 11) is 0. The smallest absolute Gasteiger partial charge is 0.106 e. The molecule has 0 heterocycles. The van der Waals surface area contributed by atoms with Gasteiger partial charge in [0.15, 0.2) is 0 Å². The van der Waals surface area contributed by atoms with Crippen LogP contribution in [0.25, 0.3) is 0 Å². The van der Waals surface area contributed by atoms with Crippen molar-refractivity contribution in [3.63, 3.8) is 0 Å². The Labute approximate surface area is 169 Å². The predicted octanol–water partition coefficient (Wildman–Crippen LogP) is 5.59. The Morgan fingerprint density at radius 3 is 1.22 bits per heavy atom. The zero-order valence-electron chi connectivity index (χ0n) is 18.5. The Bertz CT molecular complexity index is 289. The molecule has 27 heavy (non-hydrogen) atoms. The minimum atomic E-state index is -0.735. The second kappa shape index (κ2) is 19.2. The maximum atomic E-state index is 10.1. The number of aliphatic hydroxyl groups is 3. The monoisotopic (exact) mass is 387 g/mol. The van der Waals surface area contributed by atoms with Crippen LogP contribution in [0.4, 0.5) is 0 Å². The van der Waals surface area contributed by atoms with Gasteiger partial charge in [-0.15, -0.1) is 0 Å². The third-order valence-electron chi connectivity index (χ3n) is 5.52. The van der Waals surface area contributed by atoms with Crippen LogP contribution in [0.3, 0.4) is 0 Å². The molecule has 0 aromatic heterocycles. The molecule has 4 heteroatoms. The summed E-state index contributed by atoms with van der Waals surface area (Å²) in [5.41, 5.74) is 0. The number of hydrogen-bond donors (Lipinski definition) is 3. The lowest BCUT2D eigenvalue weighted by Crippen LogP contribution is -2.44. The summed E-state index contributed by atoms with van der Waals surface area (Å²) in [6.07, 6.45) is 18.9. The first kappa shape index (κ1) is 26.8. The summed E-state index contributed by atoms with van der Waals surface area (Å²) in [6.45, 7) is 5.84. The van der Waals surface area contributed by atoms with E-state index in [1.54, 1.807) is 13.8 Å². The lowest BCUT2D eigenvalue weighted by atomic mass is 10.0. The molecule has 0 fully saturated rings. The average Bonchev–Trinajstić information content (AvgIpc) is 2.62. The van der Waals surface area contributed by atoms with Crippen molar-refractivity contribution in [1.82, 2.24) is 4.90 Å². The highest BCUT2D eigenvalue weighted by Crippen LogP contribution is 2.14. The third-order valence-corrected chi connectivity index (χ3v) is 5.52. The van der Waals surface area contributed by atoms with Gasteiger partial charge in [-0.05, 0) is 20.3 Å². The van der Waals surface area contributed by atoms with Crippen LogP contribution in [0.5, 0.6) is 0 Å². The Hall–Kier alpha value is -0.160. The number of nitrogens with zero attached hydrogens (tertiary/aromatic N) is 1. The molecule has 0 saturated heterocycles. The van der Waals surface area contributed by atoms with Crippen LogP contribution < -0.4 is 0 Å². The van der Waals surface area contributed by atoms with E-state index in [9.17, 15) is 15.3 Å². The van der Waals surface area contributed by atoms with Gasteiger partial charge in [-0.1, -0.05) is 103 Å². The van der Waals surface area contributed by atoms with Crippen LogP contribution in [0.2, 0.25) is 0 Å². The molecule has 0 amide bonds. The van der Waals surface area contributed by atoms with Crippen molar-refractivity contribution in [2.75, 3.05) is 6.54 Å². The molecule has 3 unspecified atom stereocenters. The van der Waals surface area contributed by atoms with Crippen molar-refractivity contribution in [2.45, 2.75) is 142 Å². The van der Waals surface area contributed by atoms with E-state index in [-0.39, 0.29) is 0 Å². The lowest BCUT2D eigenvalue weighted by Gasteiger charge is -2.30. The first-order chi connectivity index (χ1) is 13.0. The van der Waals surface area contributed by atoms with E-state index in [0.29, 0.717) is 6.54 Å². The fourth-order valence-corrected chi connectivity index (χ4v) is 3.70. The highest BCUT2D eigenvalue weighted by Gasteiger charge is 2.19. The fraction of sp³-hybridized carbons (Fsp3) is 1.00. The first-order valence-corrected chi connectivity index (χ1v) is 11.8. The molecule has 0 saturated carbocycles. The Balaban J connectivity index is 3.33. The Morgan fingerprint density at radius 2 is 0.889 bits per heavy atom. The van der Waals surface area contributed by atoms with Crippen LogP contribution in [0.1, 0.15) is 124 Å². The van der Waals surface area contributed by atoms with Gasteiger partial charge in [-0.2, -0.15) is 0 Å². The van der Waals surface area contributed by atoms with Crippen LogP contribution in [-0.4, -0.2) is 45.3 Å². The van der Waals surface area contributed by atoms with Gasteiger partial charge in [0, 0.05) is 6.54 Å². The molecule has 0 aromatic rings. The highest BCUT2D eigenvalue weighted by atomic mass is 16.3. The molecule has 0 aliphatic heterocycles. The standard InChI is InChI=1S/C23H49NO3/c1-4-5-6-7-8-9-10-11-12-13-14-15-16-17-18-19-23(27)20-24(21(2)25)22(3)26/h21-23,25-27H,4-20H2,1-3H3. The zero-order valence-corrected chi connectivity index (χ0v) is 18.5. The minimum Gasteiger partial charge on any atom is -0.392 e. The van der Waals surface area contributed by atoms with Crippen LogP contribution in [0, 0.1) is 0 Å². The number of aliphatic hydroxyl groups excluding tert-OH is 3. The molecule has 164 valence electrons. The Morgan fingerprint density at radius 1 is 0.556 bits per heavy atom. The summed E-state index contributed by atoms with van der Waals surface area (Å²) >= 11 is 0. The number of hydrogen-bond acceptors (Lipinski definition) is 4. The molecule has 0 aromatic carbocycles. The zero-order chi connectivity index (χ0) is 20.3. The molecule has 0 bridgehead atoms. The van der Waals surface area contributed by atoms with E-state index in [1.165, 1.54) is 88.4 Å². The number of rotatable bonds is 20. The van der Waals surface area contributed by atoms with Crippen molar-refractivity contribution in [2.24, 2.45) is 0 Å². The lowest BCUT2D eigenvalue weighted by molar-refractivity contribution is -0.101. The molecule has 0 aliphatic carbocycles.